The highest BCUT2D eigenvalue weighted by atomic mass is 28.2. The van der Waals surface area contributed by atoms with Gasteiger partial charge < -0.3 is 4.90 Å². The molecule has 0 aliphatic heterocycles. The maximum absolute atomic E-state index is 2.51. The quantitative estimate of drug-likeness (QED) is 0.562. The van der Waals surface area contributed by atoms with Crippen LogP contribution in [0.5, 0.6) is 0 Å². The van der Waals surface area contributed by atoms with E-state index in [9.17, 15) is 0 Å². The lowest BCUT2D eigenvalue weighted by Gasteiger charge is -2.25. The predicted molar refractivity (Wildman–Crippen MR) is 107 cm³/mol. The minimum atomic E-state index is 0.745. The molecule has 0 spiro atoms. The molecule has 2 aromatic rings. The van der Waals surface area contributed by atoms with Gasteiger partial charge >= 0.3 is 0 Å². The van der Waals surface area contributed by atoms with E-state index in [0.717, 1.165) is 15.4 Å². The van der Waals surface area contributed by atoms with Crippen LogP contribution < -0.4 is 10.1 Å². The van der Waals surface area contributed by atoms with E-state index in [0.29, 0.717) is 0 Å². The summed E-state index contributed by atoms with van der Waals surface area (Å²) in [7, 11) is 5.11. The molecule has 3 rings (SSSR count). The molecular weight excluding hydrogens is 306 g/mol. The van der Waals surface area contributed by atoms with Crippen LogP contribution in [0.1, 0.15) is 37.2 Å². The highest BCUT2D eigenvalue weighted by molar-refractivity contribution is 6.53. The molecule has 24 heavy (non-hydrogen) atoms. The molecular formula is C22H27NSi. The van der Waals surface area contributed by atoms with Crippen molar-refractivity contribution in [1.82, 2.24) is 0 Å². The van der Waals surface area contributed by atoms with Crippen molar-refractivity contribution in [1.29, 1.82) is 0 Å². The first-order valence-corrected chi connectivity index (χ1v) is 10.2. The summed E-state index contributed by atoms with van der Waals surface area (Å²) >= 11 is 0. The monoisotopic (exact) mass is 333 g/mol. The number of hydrogen-bond donors (Lipinski definition) is 0. The van der Waals surface area contributed by atoms with Gasteiger partial charge in [-0.25, -0.2) is 0 Å². The van der Waals surface area contributed by atoms with E-state index >= 15 is 0 Å². The van der Waals surface area contributed by atoms with Crippen molar-refractivity contribution in [2.75, 3.05) is 19.0 Å². The fraction of sp³-hybridized carbons (Fsp3) is 0.364. The molecule has 0 bridgehead atoms. The largest absolute Gasteiger partial charge is 0.378 e. The van der Waals surface area contributed by atoms with E-state index in [-0.39, 0.29) is 0 Å². The van der Waals surface area contributed by atoms with E-state index in [1.807, 2.05) is 0 Å². The number of benzene rings is 2. The van der Waals surface area contributed by atoms with Crippen molar-refractivity contribution in [3.8, 4) is 0 Å². The minimum Gasteiger partial charge on any atom is -0.378 e. The van der Waals surface area contributed by atoms with E-state index < -0.39 is 0 Å². The van der Waals surface area contributed by atoms with Crippen LogP contribution in [0, 0.1) is 0 Å². The second-order valence-electron chi connectivity index (χ2n) is 6.87. The van der Waals surface area contributed by atoms with Gasteiger partial charge in [-0.2, -0.15) is 0 Å². The standard InChI is InChI=1S/C22H27NSi/c1-23(2)21-14-12-20(13-15-21)19-10-8-18(9-11-19)16-17-24-22-6-4-3-5-7-22/h3-7,12-16,19H,8-11,17H2,1-2H3. The van der Waals surface area contributed by atoms with E-state index in [1.54, 1.807) is 5.57 Å². The van der Waals surface area contributed by atoms with Crippen LogP contribution in [0.4, 0.5) is 5.69 Å². The first kappa shape index (κ1) is 17.0. The molecule has 2 aromatic carbocycles. The summed E-state index contributed by atoms with van der Waals surface area (Å²) in [5.74, 6) is 0.745. The molecule has 0 N–H and O–H groups in total. The van der Waals surface area contributed by atoms with Crippen molar-refractivity contribution in [2.24, 2.45) is 0 Å². The summed E-state index contributed by atoms with van der Waals surface area (Å²) in [6, 6.07) is 21.2. The van der Waals surface area contributed by atoms with Crippen LogP contribution in [0.3, 0.4) is 0 Å². The van der Waals surface area contributed by atoms with Gasteiger partial charge in [0.15, 0.2) is 0 Å². The summed E-state index contributed by atoms with van der Waals surface area (Å²) < 4.78 is 0. The van der Waals surface area contributed by atoms with Gasteiger partial charge in [0, 0.05) is 19.8 Å². The normalized spacial score (nSPS) is 17.6. The maximum atomic E-state index is 2.51. The van der Waals surface area contributed by atoms with Crippen molar-refractivity contribution >= 4 is 20.4 Å². The topological polar surface area (TPSA) is 3.24 Å². The fourth-order valence-electron chi connectivity index (χ4n) is 3.44. The van der Waals surface area contributed by atoms with Crippen LogP contribution in [0.2, 0.25) is 6.04 Å². The predicted octanol–water partition coefficient (Wildman–Crippen LogP) is 4.78. The summed E-state index contributed by atoms with van der Waals surface area (Å²) in [5.41, 5.74) is 4.49. The van der Waals surface area contributed by atoms with Gasteiger partial charge in [-0.15, -0.1) is 0 Å². The van der Waals surface area contributed by atoms with E-state index in [1.165, 1.54) is 48.2 Å². The molecule has 1 aliphatic carbocycles. The number of anilines is 1. The van der Waals surface area contributed by atoms with Gasteiger partial charge in [0.2, 0.25) is 0 Å². The Kier molecular flexibility index (Phi) is 5.92. The first-order chi connectivity index (χ1) is 11.7. The highest BCUT2D eigenvalue weighted by Gasteiger charge is 2.18. The third-order valence-electron chi connectivity index (χ3n) is 4.98. The fourth-order valence-corrected chi connectivity index (χ4v) is 4.49. The zero-order chi connectivity index (χ0) is 16.8. The summed E-state index contributed by atoms with van der Waals surface area (Å²) in [5, 5.41) is 1.48. The lowest BCUT2D eigenvalue weighted by atomic mass is 9.81. The lowest BCUT2D eigenvalue weighted by Crippen LogP contribution is -2.12. The molecule has 1 saturated carbocycles. The third kappa shape index (κ3) is 4.61. The number of hydrogen-bond acceptors (Lipinski definition) is 1. The smallest absolute Gasteiger partial charge is 0.0849 e. The van der Waals surface area contributed by atoms with E-state index in [2.05, 4.69) is 79.7 Å². The Bertz CT molecular complexity index is 648. The number of rotatable bonds is 5. The Hall–Kier alpha value is -1.80. The van der Waals surface area contributed by atoms with Gasteiger partial charge in [-0.05, 0) is 55.3 Å². The molecule has 1 fully saturated rings. The minimum absolute atomic E-state index is 0.745. The zero-order valence-electron chi connectivity index (χ0n) is 14.8. The Morgan fingerprint density at radius 1 is 0.958 bits per heavy atom. The van der Waals surface area contributed by atoms with Crippen molar-refractivity contribution < 1.29 is 0 Å². The second kappa shape index (κ2) is 8.34. The molecule has 0 aromatic heterocycles. The summed E-state index contributed by atoms with van der Waals surface area (Å²) in [6.45, 7) is 0. The average molecular weight is 334 g/mol. The van der Waals surface area contributed by atoms with Crippen LogP contribution >= 0.6 is 0 Å². The van der Waals surface area contributed by atoms with Gasteiger partial charge in [0.25, 0.3) is 0 Å². The number of nitrogens with zero attached hydrogens (tertiary/aromatic N) is 1. The number of allylic oxidation sites excluding steroid dienone is 2. The molecule has 1 nitrogen and oxygen atoms in total. The van der Waals surface area contributed by atoms with Crippen LogP contribution in [0.15, 0.2) is 66.2 Å². The van der Waals surface area contributed by atoms with Crippen molar-refractivity contribution in [3.63, 3.8) is 0 Å². The van der Waals surface area contributed by atoms with Gasteiger partial charge in [0.1, 0.15) is 0 Å². The van der Waals surface area contributed by atoms with Gasteiger partial charge in [0.05, 0.1) is 9.52 Å². The highest BCUT2D eigenvalue weighted by Crippen LogP contribution is 2.36. The third-order valence-corrected chi connectivity index (χ3v) is 6.13. The molecule has 0 amide bonds. The Balaban J connectivity index is 1.49. The molecule has 0 unspecified atom stereocenters. The molecule has 0 atom stereocenters. The molecule has 0 saturated heterocycles. The summed E-state index contributed by atoms with van der Waals surface area (Å²) in [4.78, 5) is 2.17. The molecule has 124 valence electrons. The maximum Gasteiger partial charge on any atom is 0.0849 e. The molecule has 2 heteroatoms. The molecule has 1 aliphatic rings. The van der Waals surface area contributed by atoms with Crippen molar-refractivity contribution in [2.45, 2.75) is 37.6 Å². The van der Waals surface area contributed by atoms with Crippen LogP contribution in [-0.4, -0.2) is 23.6 Å². The lowest BCUT2D eigenvalue weighted by molar-refractivity contribution is 0.516. The van der Waals surface area contributed by atoms with Crippen LogP contribution in [0.25, 0.3) is 0 Å². The second-order valence-corrected chi connectivity index (χ2v) is 8.21. The SMILES string of the molecule is CN(C)c1ccc(C2CCC(=CC[Si]c3ccccc3)CC2)cc1. The average Bonchev–Trinajstić information content (AvgIpc) is 2.63. The first-order valence-electron chi connectivity index (χ1n) is 8.96. The van der Waals surface area contributed by atoms with Gasteiger partial charge in [-0.1, -0.05) is 59.3 Å². The van der Waals surface area contributed by atoms with Crippen molar-refractivity contribution in [3.05, 3.63) is 71.8 Å². The van der Waals surface area contributed by atoms with Gasteiger partial charge in [-0.3, -0.25) is 0 Å². The zero-order valence-corrected chi connectivity index (χ0v) is 15.8. The van der Waals surface area contributed by atoms with E-state index in [4.69, 9.17) is 0 Å². The molecule has 0 heterocycles. The Morgan fingerprint density at radius 3 is 2.25 bits per heavy atom. The summed E-state index contributed by atoms with van der Waals surface area (Å²) in [6.07, 6.45) is 7.68. The molecule has 2 radical (unpaired) electrons. The Morgan fingerprint density at radius 2 is 1.62 bits per heavy atom. The van der Waals surface area contributed by atoms with Crippen LogP contribution in [-0.2, 0) is 0 Å². The Labute approximate surface area is 149 Å².